The number of hydrogen-bond donors (Lipinski definition) is 0. The van der Waals surface area contributed by atoms with Crippen molar-refractivity contribution in [3.8, 4) is 0 Å². The molecule has 1 aromatic carbocycles. The number of aromatic nitrogens is 1. The Labute approximate surface area is 115 Å². The van der Waals surface area contributed by atoms with Crippen LogP contribution in [-0.2, 0) is 6.54 Å². The summed E-state index contributed by atoms with van der Waals surface area (Å²) in [4.78, 5) is 11.9. The Balaban J connectivity index is 1.80. The summed E-state index contributed by atoms with van der Waals surface area (Å²) in [6.07, 6.45) is 5.57. The van der Waals surface area contributed by atoms with Crippen LogP contribution in [0.25, 0.3) is 0 Å². The van der Waals surface area contributed by atoms with E-state index >= 15 is 0 Å². The van der Waals surface area contributed by atoms with E-state index in [1.54, 1.807) is 30.6 Å². The van der Waals surface area contributed by atoms with Gasteiger partial charge in [-0.2, -0.15) is 0 Å². The van der Waals surface area contributed by atoms with E-state index in [4.69, 9.17) is 11.6 Å². The van der Waals surface area contributed by atoms with Crippen LogP contribution < -0.4 is 0 Å². The van der Waals surface area contributed by atoms with E-state index in [0.29, 0.717) is 17.7 Å². The van der Waals surface area contributed by atoms with Crippen molar-refractivity contribution >= 4 is 17.4 Å². The van der Waals surface area contributed by atoms with Gasteiger partial charge in [-0.25, -0.2) is 4.39 Å². The van der Waals surface area contributed by atoms with Crippen LogP contribution >= 0.6 is 11.6 Å². The van der Waals surface area contributed by atoms with E-state index in [0.717, 1.165) is 12.8 Å². The Morgan fingerprint density at radius 2 is 2.16 bits per heavy atom. The molecule has 1 aliphatic carbocycles. The molecule has 1 saturated carbocycles. The van der Waals surface area contributed by atoms with Gasteiger partial charge in [-0.15, -0.1) is 0 Å². The summed E-state index contributed by atoms with van der Waals surface area (Å²) >= 11 is 5.75. The quantitative estimate of drug-likeness (QED) is 0.777. The van der Waals surface area contributed by atoms with Gasteiger partial charge in [-0.1, -0.05) is 23.7 Å². The highest BCUT2D eigenvalue weighted by atomic mass is 35.5. The van der Waals surface area contributed by atoms with Crippen LogP contribution in [-0.4, -0.2) is 10.4 Å². The molecule has 2 aromatic rings. The summed E-state index contributed by atoms with van der Waals surface area (Å²) < 4.78 is 15.6. The summed E-state index contributed by atoms with van der Waals surface area (Å²) in [5, 5.41) is 0.124. The zero-order chi connectivity index (χ0) is 13.4. The fourth-order valence-corrected chi connectivity index (χ4v) is 2.33. The predicted molar refractivity (Wildman–Crippen MR) is 72.0 cm³/mol. The molecule has 1 aliphatic rings. The molecule has 1 aromatic heterocycles. The monoisotopic (exact) mass is 277 g/mol. The van der Waals surface area contributed by atoms with Gasteiger partial charge in [0.15, 0.2) is 5.78 Å². The van der Waals surface area contributed by atoms with E-state index in [1.807, 2.05) is 4.57 Å². The topological polar surface area (TPSA) is 22.0 Å². The molecule has 3 rings (SSSR count). The molecule has 0 aliphatic heterocycles. The normalized spacial score (nSPS) is 14.6. The first kappa shape index (κ1) is 12.4. The van der Waals surface area contributed by atoms with Crippen molar-refractivity contribution < 1.29 is 9.18 Å². The first-order chi connectivity index (χ1) is 9.15. The molecule has 2 nitrogen and oxygen atoms in total. The lowest BCUT2D eigenvalue weighted by molar-refractivity contribution is 0.0967. The van der Waals surface area contributed by atoms with Crippen molar-refractivity contribution in [2.75, 3.05) is 0 Å². The summed E-state index contributed by atoms with van der Waals surface area (Å²) in [6, 6.07) is 6.74. The van der Waals surface area contributed by atoms with Gasteiger partial charge in [-0.3, -0.25) is 4.79 Å². The molecule has 0 N–H and O–H groups in total. The zero-order valence-electron chi connectivity index (χ0n) is 10.3. The molecule has 0 bridgehead atoms. The summed E-state index contributed by atoms with van der Waals surface area (Å²) in [6.45, 7) is 0.379. The predicted octanol–water partition coefficient (Wildman–Crippen LogP) is 3.92. The average molecular weight is 278 g/mol. The molecule has 1 heterocycles. The summed E-state index contributed by atoms with van der Waals surface area (Å²) in [5.74, 6) is 0.0111. The van der Waals surface area contributed by atoms with Crippen molar-refractivity contribution in [1.29, 1.82) is 0 Å². The van der Waals surface area contributed by atoms with Crippen LogP contribution in [0.2, 0.25) is 5.02 Å². The van der Waals surface area contributed by atoms with Crippen molar-refractivity contribution in [3.05, 3.63) is 58.6 Å². The Hall–Kier alpha value is -1.61. The highest BCUT2D eigenvalue weighted by Gasteiger charge is 2.30. The Kier molecular flexibility index (Phi) is 3.15. The molecule has 19 heavy (non-hydrogen) atoms. The average Bonchev–Trinajstić information content (AvgIpc) is 3.14. The molecule has 4 heteroatoms. The SMILES string of the molecule is O=C(c1ccn(Cc2cccc(Cl)c2F)c1)C1CC1. The van der Waals surface area contributed by atoms with Gasteiger partial charge < -0.3 is 4.57 Å². The first-order valence-electron chi connectivity index (χ1n) is 6.28. The van der Waals surface area contributed by atoms with E-state index in [9.17, 15) is 9.18 Å². The summed E-state index contributed by atoms with van der Waals surface area (Å²) in [7, 11) is 0. The smallest absolute Gasteiger partial charge is 0.167 e. The fraction of sp³-hybridized carbons (Fsp3) is 0.267. The minimum Gasteiger partial charge on any atom is -0.349 e. The second kappa shape index (κ2) is 4.82. The third kappa shape index (κ3) is 2.56. The number of ketones is 1. The molecular weight excluding hydrogens is 265 g/mol. The molecule has 0 atom stereocenters. The van der Waals surface area contributed by atoms with Crippen molar-refractivity contribution in [3.63, 3.8) is 0 Å². The number of rotatable bonds is 4. The Bertz CT molecular complexity index is 631. The third-order valence-corrected chi connectivity index (χ3v) is 3.66. The first-order valence-corrected chi connectivity index (χ1v) is 6.66. The van der Waals surface area contributed by atoms with E-state index < -0.39 is 5.82 Å². The molecule has 0 radical (unpaired) electrons. The van der Waals surface area contributed by atoms with E-state index in [1.165, 1.54) is 6.07 Å². The maximum absolute atomic E-state index is 13.8. The minimum atomic E-state index is -0.395. The van der Waals surface area contributed by atoms with Gasteiger partial charge in [-0.05, 0) is 25.0 Å². The maximum Gasteiger partial charge on any atom is 0.167 e. The number of carbonyl (C=O) groups is 1. The number of benzene rings is 1. The maximum atomic E-state index is 13.8. The standard InChI is InChI=1S/C15H13ClFNO/c16-13-3-1-2-11(14(13)17)8-18-7-6-12(9-18)15(19)10-4-5-10/h1-3,6-7,9-10H,4-5,8H2. The van der Waals surface area contributed by atoms with Crippen molar-refractivity contribution in [2.45, 2.75) is 19.4 Å². The van der Waals surface area contributed by atoms with Gasteiger partial charge in [0.2, 0.25) is 0 Å². The highest BCUT2D eigenvalue weighted by molar-refractivity contribution is 6.30. The molecule has 0 spiro atoms. The molecule has 98 valence electrons. The molecule has 0 amide bonds. The fourth-order valence-electron chi connectivity index (χ4n) is 2.13. The van der Waals surface area contributed by atoms with Crippen molar-refractivity contribution in [1.82, 2.24) is 4.57 Å². The minimum absolute atomic E-state index is 0.124. The van der Waals surface area contributed by atoms with E-state index in [2.05, 4.69) is 0 Å². The van der Waals surface area contributed by atoms with Gasteiger partial charge in [0.1, 0.15) is 5.82 Å². The Morgan fingerprint density at radius 1 is 1.37 bits per heavy atom. The number of halogens is 2. The molecule has 0 unspecified atom stereocenters. The van der Waals surface area contributed by atoms with Gasteiger partial charge in [0.05, 0.1) is 5.02 Å². The van der Waals surface area contributed by atoms with Gasteiger partial charge in [0.25, 0.3) is 0 Å². The molecule has 1 fully saturated rings. The number of hydrogen-bond acceptors (Lipinski definition) is 1. The lowest BCUT2D eigenvalue weighted by Crippen LogP contribution is -2.02. The lowest BCUT2D eigenvalue weighted by atomic mass is 10.1. The largest absolute Gasteiger partial charge is 0.349 e. The van der Waals surface area contributed by atoms with Gasteiger partial charge in [0, 0.05) is 36.0 Å². The second-order valence-corrected chi connectivity index (χ2v) is 5.33. The molecule has 0 saturated heterocycles. The van der Waals surface area contributed by atoms with Crippen LogP contribution in [0.5, 0.6) is 0 Å². The number of Topliss-reactive ketones (excluding diaryl/α,β-unsaturated/α-hetero) is 1. The number of nitrogens with zero attached hydrogens (tertiary/aromatic N) is 1. The van der Waals surface area contributed by atoms with Crippen LogP contribution in [0.4, 0.5) is 4.39 Å². The van der Waals surface area contributed by atoms with Crippen LogP contribution in [0, 0.1) is 11.7 Å². The Morgan fingerprint density at radius 3 is 2.89 bits per heavy atom. The zero-order valence-corrected chi connectivity index (χ0v) is 11.0. The van der Waals surface area contributed by atoms with Crippen LogP contribution in [0.1, 0.15) is 28.8 Å². The highest BCUT2D eigenvalue weighted by Crippen LogP contribution is 2.32. The molecular formula is C15H13ClFNO. The van der Waals surface area contributed by atoms with Crippen molar-refractivity contribution in [2.24, 2.45) is 5.92 Å². The second-order valence-electron chi connectivity index (χ2n) is 4.92. The lowest BCUT2D eigenvalue weighted by Gasteiger charge is -2.05. The van der Waals surface area contributed by atoms with E-state index in [-0.39, 0.29) is 16.7 Å². The van der Waals surface area contributed by atoms with Crippen LogP contribution in [0.15, 0.2) is 36.7 Å². The number of carbonyl (C=O) groups excluding carboxylic acids is 1. The van der Waals surface area contributed by atoms with Gasteiger partial charge >= 0.3 is 0 Å². The summed E-state index contributed by atoms with van der Waals surface area (Å²) in [5.41, 5.74) is 1.23. The van der Waals surface area contributed by atoms with Crippen LogP contribution in [0.3, 0.4) is 0 Å². The third-order valence-electron chi connectivity index (χ3n) is 3.37.